The normalized spacial score (nSPS) is 13.3. The van der Waals surface area contributed by atoms with Crippen molar-refractivity contribution in [2.24, 2.45) is 11.8 Å². The molecule has 0 spiro atoms. The molecule has 0 fully saturated rings. The minimum Gasteiger partial charge on any atom is -0.103 e. The Balaban J connectivity index is 3.61. The molecular formula is C12H24. The summed E-state index contributed by atoms with van der Waals surface area (Å²) in [7, 11) is 0. The SMILES string of the molecule is C=CCCC(CCCC)C(C)C. The molecule has 0 aliphatic heterocycles. The lowest BCUT2D eigenvalue weighted by atomic mass is 9.87. The summed E-state index contributed by atoms with van der Waals surface area (Å²) in [6.07, 6.45) is 8.69. The molecule has 0 aliphatic rings. The van der Waals surface area contributed by atoms with Crippen LogP contribution in [0.15, 0.2) is 12.7 Å². The highest BCUT2D eigenvalue weighted by Crippen LogP contribution is 2.23. The van der Waals surface area contributed by atoms with Gasteiger partial charge in [0, 0.05) is 0 Å². The maximum atomic E-state index is 3.77. The summed E-state index contributed by atoms with van der Waals surface area (Å²) in [5.74, 6) is 1.76. The third kappa shape index (κ3) is 5.40. The standard InChI is InChI=1S/C12H24/c1-5-7-9-12(11(3)4)10-8-6-2/h5,11-12H,1,6-10H2,2-4H3. The van der Waals surface area contributed by atoms with E-state index in [1.54, 1.807) is 0 Å². The maximum absolute atomic E-state index is 3.77. The van der Waals surface area contributed by atoms with Crippen LogP contribution in [-0.2, 0) is 0 Å². The van der Waals surface area contributed by atoms with E-state index in [1.807, 2.05) is 6.08 Å². The van der Waals surface area contributed by atoms with Gasteiger partial charge in [-0.3, -0.25) is 0 Å². The molecule has 0 saturated heterocycles. The summed E-state index contributed by atoms with van der Waals surface area (Å²) < 4.78 is 0. The van der Waals surface area contributed by atoms with Crippen molar-refractivity contribution >= 4 is 0 Å². The zero-order valence-corrected chi connectivity index (χ0v) is 8.97. The van der Waals surface area contributed by atoms with Crippen LogP contribution in [0.4, 0.5) is 0 Å². The molecule has 0 nitrogen and oxygen atoms in total. The molecular weight excluding hydrogens is 144 g/mol. The highest BCUT2D eigenvalue weighted by atomic mass is 14.2. The first-order valence-electron chi connectivity index (χ1n) is 5.33. The number of unbranched alkanes of at least 4 members (excludes halogenated alkanes) is 1. The van der Waals surface area contributed by atoms with Gasteiger partial charge in [-0.15, -0.1) is 6.58 Å². The molecule has 1 atom stereocenters. The van der Waals surface area contributed by atoms with Gasteiger partial charge in [0.25, 0.3) is 0 Å². The molecule has 72 valence electrons. The molecule has 0 rings (SSSR count). The summed E-state index contributed by atoms with van der Waals surface area (Å²) in [6.45, 7) is 10.7. The van der Waals surface area contributed by atoms with Crippen LogP contribution in [0.1, 0.15) is 52.9 Å². The first kappa shape index (κ1) is 11.7. The van der Waals surface area contributed by atoms with E-state index in [0.29, 0.717) is 0 Å². The minimum atomic E-state index is 0.844. The van der Waals surface area contributed by atoms with E-state index in [1.165, 1.54) is 32.1 Å². The fourth-order valence-corrected chi connectivity index (χ4v) is 1.61. The Morgan fingerprint density at radius 3 is 2.33 bits per heavy atom. The molecule has 0 aromatic heterocycles. The Morgan fingerprint density at radius 2 is 1.92 bits per heavy atom. The zero-order chi connectivity index (χ0) is 9.40. The van der Waals surface area contributed by atoms with E-state index in [4.69, 9.17) is 0 Å². The van der Waals surface area contributed by atoms with Crippen molar-refractivity contribution in [3.8, 4) is 0 Å². The summed E-state index contributed by atoms with van der Waals surface area (Å²) in [6, 6.07) is 0. The van der Waals surface area contributed by atoms with Crippen molar-refractivity contribution in [3.63, 3.8) is 0 Å². The minimum absolute atomic E-state index is 0.844. The predicted octanol–water partition coefficient (Wildman–Crippen LogP) is 4.42. The molecule has 0 aromatic rings. The van der Waals surface area contributed by atoms with Gasteiger partial charge in [-0.1, -0.05) is 46.1 Å². The average molecular weight is 168 g/mol. The summed E-state index contributed by atoms with van der Waals surface area (Å²) in [5, 5.41) is 0. The number of hydrogen-bond acceptors (Lipinski definition) is 0. The molecule has 0 aromatic carbocycles. The molecule has 0 bridgehead atoms. The van der Waals surface area contributed by atoms with Crippen LogP contribution < -0.4 is 0 Å². The molecule has 1 unspecified atom stereocenters. The van der Waals surface area contributed by atoms with Gasteiger partial charge in [0.2, 0.25) is 0 Å². The molecule has 0 aliphatic carbocycles. The van der Waals surface area contributed by atoms with E-state index < -0.39 is 0 Å². The van der Waals surface area contributed by atoms with Crippen LogP contribution in [0.5, 0.6) is 0 Å². The van der Waals surface area contributed by atoms with E-state index in [2.05, 4.69) is 27.4 Å². The van der Waals surface area contributed by atoms with Crippen LogP contribution in [0.25, 0.3) is 0 Å². The van der Waals surface area contributed by atoms with Gasteiger partial charge in [0.15, 0.2) is 0 Å². The monoisotopic (exact) mass is 168 g/mol. The van der Waals surface area contributed by atoms with Crippen molar-refractivity contribution in [3.05, 3.63) is 12.7 Å². The van der Waals surface area contributed by atoms with Gasteiger partial charge in [0.05, 0.1) is 0 Å². The second-order valence-corrected chi connectivity index (χ2v) is 4.01. The number of hydrogen-bond donors (Lipinski definition) is 0. The van der Waals surface area contributed by atoms with Gasteiger partial charge in [-0.05, 0) is 24.7 Å². The first-order valence-corrected chi connectivity index (χ1v) is 5.33. The predicted molar refractivity (Wildman–Crippen MR) is 57.3 cm³/mol. The second-order valence-electron chi connectivity index (χ2n) is 4.01. The van der Waals surface area contributed by atoms with Crippen LogP contribution >= 0.6 is 0 Å². The smallest absolute Gasteiger partial charge is 0.0351 e. The second kappa shape index (κ2) is 7.39. The van der Waals surface area contributed by atoms with Gasteiger partial charge < -0.3 is 0 Å². The van der Waals surface area contributed by atoms with Gasteiger partial charge in [-0.25, -0.2) is 0 Å². The Morgan fingerprint density at radius 1 is 1.25 bits per heavy atom. The van der Waals surface area contributed by atoms with Gasteiger partial charge >= 0.3 is 0 Å². The van der Waals surface area contributed by atoms with Crippen molar-refractivity contribution < 1.29 is 0 Å². The van der Waals surface area contributed by atoms with E-state index in [0.717, 1.165) is 11.8 Å². The molecule has 0 heterocycles. The van der Waals surface area contributed by atoms with E-state index in [9.17, 15) is 0 Å². The molecule has 0 amide bonds. The molecule has 0 radical (unpaired) electrons. The van der Waals surface area contributed by atoms with Crippen LogP contribution in [0.3, 0.4) is 0 Å². The number of rotatable bonds is 7. The van der Waals surface area contributed by atoms with Crippen molar-refractivity contribution in [1.82, 2.24) is 0 Å². The summed E-state index contributed by atoms with van der Waals surface area (Å²) in [5.41, 5.74) is 0. The van der Waals surface area contributed by atoms with Gasteiger partial charge in [0.1, 0.15) is 0 Å². The maximum Gasteiger partial charge on any atom is -0.0351 e. The van der Waals surface area contributed by atoms with Crippen LogP contribution in [-0.4, -0.2) is 0 Å². The fraction of sp³-hybridized carbons (Fsp3) is 0.833. The van der Waals surface area contributed by atoms with Crippen LogP contribution in [0.2, 0.25) is 0 Å². The molecule has 12 heavy (non-hydrogen) atoms. The lowest BCUT2D eigenvalue weighted by Crippen LogP contribution is -2.08. The molecule has 0 N–H and O–H groups in total. The highest BCUT2D eigenvalue weighted by Gasteiger charge is 2.10. The molecule has 0 saturated carbocycles. The lowest BCUT2D eigenvalue weighted by molar-refractivity contribution is 0.330. The van der Waals surface area contributed by atoms with E-state index in [-0.39, 0.29) is 0 Å². The van der Waals surface area contributed by atoms with Crippen molar-refractivity contribution in [2.45, 2.75) is 52.9 Å². The summed E-state index contributed by atoms with van der Waals surface area (Å²) in [4.78, 5) is 0. The van der Waals surface area contributed by atoms with Crippen molar-refractivity contribution in [2.75, 3.05) is 0 Å². The van der Waals surface area contributed by atoms with Gasteiger partial charge in [-0.2, -0.15) is 0 Å². The highest BCUT2D eigenvalue weighted by molar-refractivity contribution is 4.71. The first-order chi connectivity index (χ1) is 5.72. The molecule has 0 heteroatoms. The third-order valence-electron chi connectivity index (χ3n) is 2.61. The Kier molecular flexibility index (Phi) is 7.23. The fourth-order valence-electron chi connectivity index (χ4n) is 1.61. The third-order valence-corrected chi connectivity index (χ3v) is 2.61. The largest absolute Gasteiger partial charge is 0.103 e. The quantitative estimate of drug-likeness (QED) is 0.494. The zero-order valence-electron chi connectivity index (χ0n) is 8.97. The van der Waals surface area contributed by atoms with Crippen LogP contribution in [0, 0.1) is 11.8 Å². The van der Waals surface area contributed by atoms with E-state index >= 15 is 0 Å². The summed E-state index contributed by atoms with van der Waals surface area (Å²) >= 11 is 0. The number of allylic oxidation sites excluding steroid dienone is 1. The lowest BCUT2D eigenvalue weighted by Gasteiger charge is -2.19. The van der Waals surface area contributed by atoms with Crippen molar-refractivity contribution in [1.29, 1.82) is 0 Å². The average Bonchev–Trinajstić information content (AvgIpc) is 2.04. The Hall–Kier alpha value is -0.260. The Bertz CT molecular complexity index is 103. The topological polar surface area (TPSA) is 0 Å². The Labute approximate surface area is 78.1 Å².